The number of ketones is 1. The summed E-state index contributed by atoms with van der Waals surface area (Å²) in [4.78, 5) is 36.2. The Kier molecular flexibility index (Phi) is 7.68. The maximum absolute atomic E-state index is 14.1. The molecule has 0 saturated carbocycles. The number of carbonyl (C=O) groups is 2. The van der Waals surface area contributed by atoms with E-state index in [0.717, 1.165) is 11.0 Å². The average Bonchev–Trinajstić information content (AvgIpc) is 3.41. The molecular formula is C25H23F3N4O2. The monoisotopic (exact) mass is 468 g/mol. The van der Waals surface area contributed by atoms with Gasteiger partial charge in [-0.1, -0.05) is 26.0 Å². The van der Waals surface area contributed by atoms with Crippen LogP contribution in [0.5, 0.6) is 0 Å². The standard InChI is InChI=1S/C23H17F3N4O2.C2H6/c1-30(11-21-28-18-4-2-3-5-19(18)29-21)7-6-14-15(10-27-20(14)12-31)23(32)22-16(25)8-13(24)9-17(22)26;1-2/h2-10,12,27H,11H2,1H3,(H,28,29);1-2H3/b7-6-;. The summed E-state index contributed by atoms with van der Waals surface area (Å²) in [5.41, 5.74) is 0.919. The quantitative estimate of drug-likeness (QED) is 0.278. The summed E-state index contributed by atoms with van der Waals surface area (Å²) >= 11 is 0. The minimum absolute atomic E-state index is 0.0599. The number of H-pyrrole nitrogens is 2. The Morgan fingerprint density at radius 1 is 1.12 bits per heavy atom. The first kappa shape index (κ1) is 24.5. The molecule has 0 unspecified atom stereocenters. The molecule has 0 amide bonds. The predicted octanol–water partition coefficient (Wildman–Crippen LogP) is 5.48. The van der Waals surface area contributed by atoms with Crippen molar-refractivity contribution < 1.29 is 22.8 Å². The van der Waals surface area contributed by atoms with Crippen LogP contribution in [0.25, 0.3) is 17.1 Å². The third kappa shape index (κ3) is 5.09. The van der Waals surface area contributed by atoms with Gasteiger partial charge in [0.1, 0.15) is 23.3 Å². The highest BCUT2D eigenvalue weighted by atomic mass is 19.1. The van der Waals surface area contributed by atoms with Crippen molar-refractivity contribution in [2.45, 2.75) is 20.4 Å². The van der Waals surface area contributed by atoms with Gasteiger partial charge in [0, 0.05) is 36.5 Å². The lowest BCUT2D eigenvalue weighted by Gasteiger charge is -2.12. The van der Waals surface area contributed by atoms with E-state index < -0.39 is 28.8 Å². The second kappa shape index (κ2) is 10.7. The molecule has 2 aromatic heterocycles. The van der Waals surface area contributed by atoms with Gasteiger partial charge in [-0.3, -0.25) is 9.59 Å². The Balaban J connectivity index is 0.00000158. The molecule has 34 heavy (non-hydrogen) atoms. The van der Waals surface area contributed by atoms with Crippen LogP contribution >= 0.6 is 0 Å². The van der Waals surface area contributed by atoms with E-state index in [1.54, 1.807) is 18.1 Å². The van der Waals surface area contributed by atoms with Crippen molar-refractivity contribution in [3.63, 3.8) is 0 Å². The van der Waals surface area contributed by atoms with Gasteiger partial charge in [-0.15, -0.1) is 0 Å². The van der Waals surface area contributed by atoms with E-state index in [0.29, 0.717) is 30.8 Å². The molecule has 0 radical (unpaired) electrons. The average molecular weight is 468 g/mol. The number of halogens is 3. The number of fused-ring (bicyclic) bond motifs is 1. The fourth-order valence-corrected chi connectivity index (χ4v) is 3.38. The third-order valence-electron chi connectivity index (χ3n) is 4.88. The fraction of sp³-hybridized carbons (Fsp3) is 0.160. The number of benzene rings is 2. The van der Waals surface area contributed by atoms with Crippen LogP contribution in [0.1, 0.15) is 51.6 Å². The second-order valence-corrected chi connectivity index (χ2v) is 7.15. The van der Waals surface area contributed by atoms with E-state index >= 15 is 0 Å². The van der Waals surface area contributed by atoms with Crippen molar-refractivity contribution in [3.05, 3.63) is 94.5 Å². The van der Waals surface area contributed by atoms with Gasteiger partial charge in [-0.2, -0.15) is 0 Å². The van der Waals surface area contributed by atoms with Gasteiger partial charge < -0.3 is 14.9 Å². The highest BCUT2D eigenvalue weighted by Crippen LogP contribution is 2.23. The van der Waals surface area contributed by atoms with Crippen molar-refractivity contribution in [2.75, 3.05) is 7.05 Å². The molecule has 4 aromatic rings. The number of aromatic nitrogens is 3. The van der Waals surface area contributed by atoms with E-state index in [1.165, 1.54) is 12.3 Å². The van der Waals surface area contributed by atoms with E-state index in [1.807, 2.05) is 38.1 Å². The molecule has 2 N–H and O–H groups in total. The normalized spacial score (nSPS) is 10.9. The van der Waals surface area contributed by atoms with Gasteiger partial charge in [0.25, 0.3) is 0 Å². The number of nitrogens with one attached hydrogen (secondary N) is 2. The number of carbonyl (C=O) groups excluding carboxylic acids is 2. The van der Waals surface area contributed by atoms with Crippen molar-refractivity contribution in [3.8, 4) is 0 Å². The summed E-state index contributed by atoms with van der Waals surface area (Å²) < 4.78 is 41.4. The van der Waals surface area contributed by atoms with Crippen LogP contribution in [0, 0.1) is 17.5 Å². The topological polar surface area (TPSA) is 81.8 Å². The molecule has 0 atom stereocenters. The number of rotatable bonds is 7. The zero-order valence-corrected chi connectivity index (χ0v) is 18.8. The van der Waals surface area contributed by atoms with Crippen molar-refractivity contribution in [1.29, 1.82) is 0 Å². The van der Waals surface area contributed by atoms with Gasteiger partial charge >= 0.3 is 0 Å². The molecule has 2 aromatic carbocycles. The predicted molar refractivity (Wildman–Crippen MR) is 124 cm³/mol. The van der Waals surface area contributed by atoms with Crippen LogP contribution in [0.2, 0.25) is 0 Å². The van der Waals surface area contributed by atoms with Crippen LogP contribution in [-0.4, -0.2) is 39.0 Å². The lowest BCUT2D eigenvalue weighted by molar-refractivity contribution is 0.103. The number of para-hydroxylation sites is 2. The summed E-state index contributed by atoms with van der Waals surface area (Å²) in [6.45, 7) is 4.40. The maximum atomic E-state index is 14.1. The van der Waals surface area contributed by atoms with E-state index in [4.69, 9.17) is 0 Å². The lowest BCUT2D eigenvalue weighted by Crippen LogP contribution is -2.12. The van der Waals surface area contributed by atoms with Crippen molar-refractivity contribution in [1.82, 2.24) is 19.9 Å². The first-order valence-corrected chi connectivity index (χ1v) is 10.5. The third-order valence-corrected chi connectivity index (χ3v) is 4.88. The molecule has 176 valence electrons. The fourth-order valence-electron chi connectivity index (χ4n) is 3.38. The van der Waals surface area contributed by atoms with E-state index in [2.05, 4.69) is 15.0 Å². The molecule has 0 aliphatic rings. The SMILES string of the molecule is CC.CN(/C=C\c1c(C(=O)c2c(F)cc(F)cc2F)c[nH]c1C=O)Cc1nc2ccccc2[nH]1. The Morgan fingerprint density at radius 2 is 1.79 bits per heavy atom. The summed E-state index contributed by atoms with van der Waals surface area (Å²) in [5, 5.41) is 0. The van der Waals surface area contributed by atoms with Gasteiger partial charge in [-0.25, -0.2) is 18.2 Å². The Morgan fingerprint density at radius 3 is 2.44 bits per heavy atom. The molecule has 0 bridgehead atoms. The zero-order chi connectivity index (χ0) is 24.8. The van der Waals surface area contributed by atoms with Gasteiger partial charge in [-0.05, 0) is 24.4 Å². The first-order chi connectivity index (χ1) is 16.4. The van der Waals surface area contributed by atoms with Gasteiger partial charge in [0.05, 0.1) is 28.8 Å². The Bertz CT molecular complexity index is 1300. The molecule has 0 aliphatic heterocycles. The van der Waals surface area contributed by atoms with Crippen LogP contribution in [0.3, 0.4) is 0 Å². The van der Waals surface area contributed by atoms with Crippen LogP contribution in [0.15, 0.2) is 48.8 Å². The van der Waals surface area contributed by atoms with Crippen LogP contribution < -0.4 is 0 Å². The van der Waals surface area contributed by atoms with Gasteiger partial charge in [0.2, 0.25) is 5.78 Å². The molecule has 0 spiro atoms. The highest BCUT2D eigenvalue weighted by Gasteiger charge is 2.24. The minimum atomic E-state index is -1.32. The lowest BCUT2D eigenvalue weighted by atomic mass is 10.00. The molecule has 0 aliphatic carbocycles. The number of hydrogen-bond donors (Lipinski definition) is 2. The number of nitrogens with zero attached hydrogens (tertiary/aromatic N) is 2. The van der Waals surface area contributed by atoms with Crippen LogP contribution in [-0.2, 0) is 6.54 Å². The smallest absolute Gasteiger partial charge is 0.201 e. The highest BCUT2D eigenvalue weighted by molar-refractivity contribution is 6.12. The van der Waals surface area contributed by atoms with Crippen molar-refractivity contribution in [2.24, 2.45) is 0 Å². The molecule has 6 nitrogen and oxygen atoms in total. The van der Waals surface area contributed by atoms with E-state index in [-0.39, 0.29) is 16.8 Å². The summed E-state index contributed by atoms with van der Waals surface area (Å²) in [6, 6.07) is 8.43. The van der Waals surface area contributed by atoms with Crippen molar-refractivity contribution >= 4 is 29.2 Å². The molecule has 0 saturated heterocycles. The Labute approximate surface area is 194 Å². The summed E-state index contributed by atoms with van der Waals surface area (Å²) in [5.74, 6) is -4.08. The molecule has 9 heteroatoms. The number of aldehydes is 1. The molecule has 4 rings (SSSR count). The number of hydrogen-bond acceptors (Lipinski definition) is 4. The maximum Gasteiger partial charge on any atom is 0.201 e. The molecular weight excluding hydrogens is 445 g/mol. The largest absolute Gasteiger partial charge is 0.373 e. The first-order valence-electron chi connectivity index (χ1n) is 10.5. The van der Waals surface area contributed by atoms with Gasteiger partial charge in [0.15, 0.2) is 6.29 Å². The van der Waals surface area contributed by atoms with E-state index in [9.17, 15) is 22.8 Å². The number of imidazole rings is 1. The number of aromatic amines is 2. The van der Waals surface area contributed by atoms with Crippen LogP contribution in [0.4, 0.5) is 13.2 Å². The Hall–Kier alpha value is -4.14. The summed E-state index contributed by atoms with van der Waals surface area (Å²) in [7, 11) is 1.76. The second-order valence-electron chi connectivity index (χ2n) is 7.15. The zero-order valence-electron chi connectivity index (χ0n) is 18.8. The summed E-state index contributed by atoms with van der Waals surface area (Å²) in [6.07, 6.45) is 4.77. The minimum Gasteiger partial charge on any atom is -0.373 e. The molecule has 0 fully saturated rings. The molecule has 2 heterocycles.